The van der Waals surface area contributed by atoms with Crippen LogP contribution in [0.5, 0.6) is 0 Å². The van der Waals surface area contributed by atoms with Crippen molar-refractivity contribution in [1.29, 1.82) is 0 Å². The average Bonchev–Trinajstić information content (AvgIpc) is 2.48. The van der Waals surface area contributed by atoms with E-state index in [1.807, 2.05) is 0 Å². The third-order valence-electron chi connectivity index (χ3n) is 4.12. The number of rotatable bonds is 4. The standard InChI is InChI=1S/C15H21N3O3/c1-15(5-8-18(2)9-6-15)10-17-13(19)12-11(14(20)21)4-3-7-16-12/h3-4,7H,5-6,8-10H2,1-2H3,(H,17,19)(H,20,21). The lowest BCUT2D eigenvalue weighted by molar-refractivity contribution is 0.0688. The van der Waals surface area contributed by atoms with Crippen LogP contribution in [0.15, 0.2) is 18.3 Å². The monoisotopic (exact) mass is 291 g/mol. The number of carboxylic acids is 1. The molecule has 6 nitrogen and oxygen atoms in total. The van der Waals surface area contributed by atoms with Gasteiger partial charge in [0.15, 0.2) is 0 Å². The molecule has 1 amide bonds. The van der Waals surface area contributed by atoms with E-state index < -0.39 is 11.9 Å². The number of carboxylic acid groups (broad SMARTS) is 1. The lowest BCUT2D eigenvalue weighted by atomic mass is 9.80. The zero-order valence-corrected chi connectivity index (χ0v) is 12.4. The fourth-order valence-electron chi connectivity index (χ4n) is 2.47. The number of carbonyl (C=O) groups is 2. The molecule has 0 bridgehead atoms. The van der Waals surface area contributed by atoms with E-state index in [1.54, 1.807) is 0 Å². The maximum Gasteiger partial charge on any atom is 0.338 e. The number of nitrogens with one attached hydrogen (secondary N) is 1. The molecule has 0 aromatic carbocycles. The van der Waals surface area contributed by atoms with Gasteiger partial charge in [0, 0.05) is 12.7 Å². The van der Waals surface area contributed by atoms with Crippen LogP contribution in [-0.2, 0) is 0 Å². The maximum atomic E-state index is 12.2. The summed E-state index contributed by atoms with van der Waals surface area (Å²) >= 11 is 0. The van der Waals surface area contributed by atoms with E-state index in [2.05, 4.69) is 29.2 Å². The van der Waals surface area contributed by atoms with Crippen molar-refractivity contribution in [2.24, 2.45) is 5.41 Å². The van der Waals surface area contributed by atoms with Gasteiger partial charge in [0.2, 0.25) is 0 Å². The molecular weight excluding hydrogens is 270 g/mol. The number of likely N-dealkylation sites (tertiary alicyclic amines) is 1. The van der Waals surface area contributed by atoms with Crippen molar-refractivity contribution in [2.75, 3.05) is 26.7 Å². The Kier molecular flexibility index (Phi) is 4.57. The van der Waals surface area contributed by atoms with Crippen molar-refractivity contribution in [3.63, 3.8) is 0 Å². The van der Waals surface area contributed by atoms with Crippen molar-refractivity contribution in [2.45, 2.75) is 19.8 Å². The summed E-state index contributed by atoms with van der Waals surface area (Å²) in [6.45, 7) is 4.71. The Morgan fingerprint density at radius 2 is 2.10 bits per heavy atom. The minimum Gasteiger partial charge on any atom is -0.478 e. The number of pyridine rings is 1. The number of aromatic nitrogens is 1. The predicted octanol–water partition coefficient (Wildman–Crippen LogP) is 1.24. The Balaban J connectivity index is 2.01. The fourth-order valence-corrected chi connectivity index (χ4v) is 2.47. The summed E-state index contributed by atoms with van der Waals surface area (Å²) < 4.78 is 0. The van der Waals surface area contributed by atoms with Gasteiger partial charge in [0.25, 0.3) is 5.91 Å². The first-order valence-corrected chi connectivity index (χ1v) is 7.06. The minimum atomic E-state index is -1.14. The van der Waals surface area contributed by atoms with Gasteiger partial charge in [-0.2, -0.15) is 0 Å². The zero-order chi connectivity index (χ0) is 15.5. The van der Waals surface area contributed by atoms with Gasteiger partial charge in [0.1, 0.15) is 5.69 Å². The lowest BCUT2D eigenvalue weighted by Gasteiger charge is -2.37. The number of amides is 1. The molecule has 0 unspecified atom stereocenters. The Bertz CT molecular complexity index is 537. The molecule has 1 saturated heterocycles. The number of piperidine rings is 1. The molecule has 1 aromatic rings. The predicted molar refractivity (Wildman–Crippen MR) is 78.4 cm³/mol. The number of nitrogens with zero attached hydrogens (tertiary/aromatic N) is 2. The molecule has 1 aliphatic rings. The normalized spacial score (nSPS) is 18.2. The van der Waals surface area contributed by atoms with Gasteiger partial charge in [0.05, 0.1) is 5.56 Å². The van der Waals surface area contributed by atoms with Gasteiger partial charge >= 0.3 is 5.97 Å². The first-order chi connectivity index (χ1) is 9.91. The first-order valence-electron chi connectivity index (χ1n) is 7.06. The van der Waals surface area contributed by atoms with E-state index >= 15 is 0 Å². The van der Waals surface area contributed by atoms with Gasteiger partial charge in [-0.25, -0.2) is 4.79 Å². The second-order valence-electron chi connectivity index (χ2n) is 6.00. The molecule has 0 spiro atoms. The van der Waals surface area contributed by atoms with Crippen molar-refractivity contribution in [1.82, 2.24) is 15.2 Å². The average molecular weight is 291 g/mol. The van der Waals surface area contributed by atoms with E-state index in [9.17, 15) is 9.59 Å². The van der Waals surface area contributed by atoms with Crippen LogP contribution in [0.4, 0.5) is 0 Å². The highest BCUT2D eigenvalue weighted by Crippen LogP contribution is 2.29. The van der Waals surface area contributed by atoms with E-state index in [1.165, 1.54) is 18.3 Å². The van der Waals surface area contributed by atoms with E-state index in [0.29, 0.717) is 6.54 Å². The highest BCUT2D eigenvalue weighted by atomic mass is 16.4. The summed E-state index contributed by atoms with van der Waals surface area (Å²) in [4.78, 5) is 29.4. The molecule has 6 heteroatoms. The third kappa shape index (κ3) is 3.78. The summed E-state index contributed by atoms with van der Waals surface area (Å²) in [6, 6.07) is 2.90. The summed E-state index contributed by atoms with van der Waals surface area (Å²) in [5.74, 6) is -1.56. The van der Waals surface area contributed by atoms with E-state index in [0.717, 1.165) is 25.9 Å². The van der Waals surface area contributed by atoms with Gasteiger partial charge in [-0.1, -0.05) is 6.92 Å². The molecule has 0 atom stereocenters. The maximum absolute atomic E-state index is 12.2. The molecular formula is C15H21N3O3. The molecule has 0 saturated carbocycles. The Hall–Kier alpha value is -1.95. The fraction of sp³-hybridized carbons (Fsp3) is 0.533. The second kappa shape index (κ2) is 6.22. The first kappa shape index (κ1) is 15.4. The molecule has 2 N–H and O–H groups in total. The van der Waals surface area contributed by atoms with Crippen LogP contribution in [0, 0.1) is 5.41 Å². The molecule has 1 fully saturated rings. The molecule has 114 valence electrons. The number of hydrogen-bond donors (Lipinski definition) is 2. The Morgan fingerprint density at radius 1 is 1.43 bits per heavy atom. The van der Waals surface area contributed by atoms with Crippen molar-refractivity contribution < 1.29 is 14.7 Å². The van der Waals surface area contributed by atoms with Crippen LogP contribution >= 0.6 is 0 Å². The van der Waals surface area contributed by atoms with E-state index in [4.69, 9.17) is 5.11 Å². The van der Waals surface area contributed by atoms with Gasteiger partial charge in [-0.05, 0) is 50.5 Å². The topological polar surface area (TPSA) is 82.5 Å². The molecule has 0 aliphatic carbocycles. The SMILES string of the molecule is CN1CCC(C)(CNC(=O)c2ncccc2C(=O)O)CC1. The second-order valence-corrected chi connectivity index (χ2v) is 6.00. The Morgan fingerprint density at radius 3 is 2.71 bits per heavy atom. The highest BCUT2D eigenvalue weighted by Gasteiger charge is 2.29. The molecule has 21 heavy (non-hydrogen) atoms. The third-order valence-corrected chi connectivity index (χ3v) is 4.12. The van der Waals surface area contributed by atoms with Crippen LogP contribution in [0.1, 0.15) is 40.6 Å². The van der Waals surface area contributed by atoms with Gasteiger partial charge in [-0.3, -0.25) is 9.78 Å². The molecule has 2 heterocycles. The molecule has 1 aliphatic heterocycles. The zero-order valence-electron chi connectivity index (χ0n) is 12.4. The summed E-state index contributed by atoms with van der Waals surface area (Å²) in [5, 5.41) is 11.9. The molecule has 1 aromatic heterocycles. The van der Waals surface area contributed by atoms with Crippen LogP contribution in [-0.4, -0.2) is 53.5 Å². The summed E-state index contributed by atoms with van der Waals surface area (Å²) in [7, 11) is 2.09. The van der Waals surface area contributed by atoms with Gasteiger partial charge < -0.3 is 15.3 Å². The van der Waals surface area contributed by atoms with Crippen molar-refractivity contribution in [3.05, 3.63) is 29.6 Å². The highest BCUT2D eigenvalue weighted by molar-refractivity contribution is 6.03. The summed E-state index contributed by atoms with van der Waals surface area (Å²) in [6.07, 6.45) is 3.45. The Labute approximate surface area is 124 Å². The van der Waals surface area contributed by atoms with Crippen molar-refractivity contribution >= 4 is 11.9 Å². The summed E-state index contributed by atoms with van der Waals surface area (Å²) in [5.41, 5.74) is -0.0366. The van der Waals surface area contributed by atoms with Crippen LogP contribution in [0.3, 0.4) is 0 Å². The number of hydrogen-bond acceptors (Lipinski definition) is 4. The minimum absolute atomic E-state index is 0.0264. The largest absolute Gasteiger partial charge is 0.478 e. The quantitative estimate of drug-likeness (QED) is 0.872. The lowest BCUT2D eigenvalue weighted by Crippen LogP contribution is -2.43. The molecule has 0 radical (unpaired) electrons. The van der Waals surface area contributed by atoms with Crippen LogP contribution in [0.2, 0.25) is 0 Å². The van der Waals surface area contributed by atoms with Crippen LogP contribution in [0.25, 0.3) is 0 Å². The van der Waals surface area contributed by atoms with E-state index in [-0.39, 0.29) is 16.7 Å². The van der Waals surface area contributed by atoms with Crippen LogP contribution < -0.4 is 5.32 Å². The van der Waals surface area contributed by atoms with Crippen molar-refractivity contribution in [3.8, 4) is 0 Å². The number of aromatic carboxylic acids is 1. The number of carbonyl (C=O) groups excluding carboxylic acids is 1. The smallest absolute Gasteiger partial charge is 0.338 e. The molecule has 2 rings (SSSR count). The van der Waals surface area contributed by atoms with Gasteiger partial charge in [-0.15, -0.1) is 0 Å².